The van der Waals surface area contributed by atoms with Crippen LogP contribution in [0.1, 0.15) is 45.7 Å². The predicted molar refractivity (Wildman–Crippen MR) is 119 cm³/mol. The quantitative estimate of drug-likeness (QED) is 0.551. The van der Waals surface area contributed by atoms with Gasteiger partial charge in [0.15, 0.2) is 0 Å². The normalized spacial score (nSPS) is 12.3. The molecule has 152 valence electrons. The van der Waals surface area contributed by atoms with Gasteiger partial charge in [0.1, 0.15) is 0 Å². The molecule has 0 aliphatic rings. The third-order valence-electron chi connectivity index (χ3n) is 4.38. The number of amides is 1. The Balaban J connectivity index is 1.85. The molecule has 0 spiro atoms. The third-order valence-corrected chi connectivity index (χ3v) is 5.93. The molecule has 0 fully saturated rings. The molecule has 1 unspecified atom stereocenters. The van der Waals surface area contributed by atoms with E-state index in [-0.39, 0.29) is 11.9 Å². The van der Waals surface area contributed by atoms with E-state index >= 15 is 0 Å². The molecular weight excluding hydrogens is 404 g/mol. The largest absolute Gasteiger partial charge is 0.340 e. The van der Waals surface area contributed by atoms with Gasteiger partial charge >= 0.3 is 0 Å². The van der Waals surface area contributed by atoms with Gasteiger partial charge in [-0.2, -0.15) is 0 Å². The summed E-state index contributed by atoms with van der Waals surface area (Å²) in [5, 5.41) is 5.07. The van der Waals surface area contributed by atoms with Crippen LogP contribution >= 0.6 is 11.3 Å². The maximum atomic E-state index is 12.9. The molecule has 1 heterocycles. The fourth-order valence-corrected chi connectivity index (χ4v) is 4.45. The van der Waals surface area contributed by atoms with E-state index in [9.17, 15) is 13.2 Å². The Labute approximate surface area is 175 Å². The number of carbonyl (C=O) groups is 1. The summed E-state index contributed by atoms with van der Waals surface area (Å²) in [4.78, 5) is 14.0. The summed E-state index contributed by atoms with van der Waals surface area (Å²) in [6.07, 6.45) is 3.19. The van der Waals surface area contributed by atoms with Gasteiger partial charge in [0.2, 0.25) is 10.0 Å². The third kappa shape index (κ3) is 5.92. The van der Waals surface area contributed by atoms with Gasteiger partial charge in [-0.1, -0.05) is 49.7 Å². The number of hydrogen-bond acceptors (Lipinski definition) is 4. The second kappa shape index (κ2) is 9.24. The molecular formula is C22H24N2O3S2. The van der Waals surface area contributed by atoms with Crippen molar-refractivity contribution in [2.75, 3.05) is 11.0 Å². The molecule has 0 radical (unpaired) electrons. The van der Waals surface area contributed by atoms with Gasteiger partial charge in [-0.15, -0.1) is 11.3 Å². The smallest absolute Gasteiger partial charge is 0.252 e. The maximum Gasteiger partial charge on any atom is 0.252 e. The van der Waals surface area contributed by atoms with Gasteiger partial charge in [-0.25, -0.2) is 8.42 Å². The molecule has 7 heteroatoms. The monoisotopic (exact) mass is 428 g/mol. The van der Waals surface area contributed by atoms with Gasteiger partial charge < -0.3 is 5.32 Å². The lowest BCUT2D eigenvalue weighted by Gasteiger charge is -2.19. The summed E-state index contributed by atoms with van der Waals surface area (Å²) < 4.78 is 25.3. The second-order valence-electron chi connectivity index (χ2n) is 6.87. The van der Waals surface area contributed by atoms with E-state index in [4.69, 9.17) is 0 Å². The van der Waals surface area contributed by atoms with E-state index < -0.39 is 10.0 Å². The number of benzene rings is 2. The molecule has 0 aliphatic heterocycles. The van der Waals surface area contributed by atoms with Crippen molar-refractivity contribution in [3.05, 3.63) is 87.6 Å². The van der Waals surface area contributed by atoms with E-state index in [1.807, 2.05) is 17.5 Å². The van der Waals surface area contributed by atoms with Crippen molar-refractivity contribution in [1.29, 1.82) is 0 Å². The standard InChI is InChI=1S/C22H24N2O3S2/c1-3-6-16-10-12-17(13-11-16)21(20-9-5-14-28-20)23-22(25)18-7-4-8-19(15-18)24-29(2,26)27/h4-5,7-15,21,24H,3,6H2,1-2H3,(H,23,25). The molecule has 1 aromatic heterocycles. The van der Waals surface area contributed by atoms with Crippen LogP contribution in [-0.4, -0.2) is 20.6 Å². The average Bonchev–Trinajstić information content (AvgIpc) is 3.20. The van der Waals surface area contributed by atoms with E-state index in [1.165, 1.54) is 11.6 Å². The minimum atomic E-state index is -3.41. The van der Waals surface area contributed by atoms with Crippen LogP contribution in [0.5, 0.6) is 0 Å². The van der Waals surface area contributed by atoms with E-state index in [0.717, 1.165) is 29.5 Å². The zero-order valence-electron chi connectivity index (χ0n) is 16.4. The molecule has 2 N–H and O–H groups in total. The first-order valence-corrected chi connectivity index (χ1v) is 12.1. The number of anilines is 1. The van der Waals surface area contributed by atoms with Crippen molar-refractivity contribution in [3.63, 3.8) is 0 Å². The van der Waals surface area contributed by atoms with E-state index in [0.29, 0.717) is 11.3 Å². The summed E-state index contributed by atoms with van der Waals surface area (Å²) in [7, 11) is -3.41. The van der Waals surface area contributed by atoms with Gasteiger partial charge in [-0.3, -0.25) is 9.52 Å². The zero-order chi connectivity index (χ0) is 20.9. The van der Waals surface area contributed by atoms with Crippen molar-refractivity contribution < 1.29 is 13.2 Å². The first-order valence-electron chi connectivity index (χ1n) is 9.36. The molecule has 3 rings (SSSR count). The van der Waals surface area contributed by atoms with Crippen LogP contribution in [0.15, 0.2) is 66.0 Å². The Kier molecular flexibility index (Phi) is 6.71. The number of aryl methyl sites for hydroxylation is 1. The lowest BCUT2D eigenvalue weighted by Crippen LogP contribution is -2.29. The summed E-state index contributed by atoms with van der Waals surface area (Å²) in [5.74, 6) is -0.266. The molecule has 5 nitrogen and oxygen atoms in total. The Morgan fingerprint density at radius 2 is 1.83 bits per heavy atom. The Hall–Kier alpha value is -2.64. The minimum absolute atomic E-state index is 0.266. The maximum absolute atomic E-state index is 12.9. The summed E-state index contributed by atoms with van der Waals surface area (Å²) in [5.41, 5.74) is 3.03. The highest BCUT2D eigenvalue weighted by molar-refractivity contribution is 7.92. The highest BCUT2D eigenvalue weighted by Gasteiger charge is 2.19. The number of thiophene rings is 1. The van der Waals surface area contributed by atoms with Gasteiger partial charge in [-0.05, 0) is 47.2 Å². The molecule has 0 bridgehead atoms. The van der Waals surface area contributed by atoms with Gasteiger partial charge in [0.25, 0.3) is 5.91 Å². The van der Waals surface area contributed by atoms with Crippen LogP contribution < -0.4 is 10.0 Å². The van der Waals surface area contributed by atoms with Crippen LogP contribution in [0.2, 0.25) is 0 Å². The molecule has 3 aromatic rings. The lowest BCUT2D eigenvalue weighted by molar-refractivity contribution is 0.0943. The zero-order valence-corrected chi connectivity index (χ0v) is 18.0. The van der Waals surface area contributed by atoms with Crippen LogP contribution in [-0.2, 0) is 16.4 Å². The van der Waals surface area contributed by atoms with Crippen molar-refractivity contribution in [3.8, 4) is 0 Å². The van der Waals surface area contributed by atoms with Crippen molar-refractivity contribution >= 4 is 33.0 Å². The Bertz CT molecular complexity index is 1060. The number of sulfonamides is 1. The first-order chi connectivity index (χ1) is 13.9. The van der Waals surface area contributed by atoms with Crippen LogP contribution in [0, 0.1) is 0 Å². The van der Waals surface area contributed by atoms with E-state index in [1.54, 1.807) is 29.5 Å². The molecule has 0 aliphatic carbocycles. The molecule has 0 saturated heterocycles. The van der Waals surface area contributed by atoms with Gasteiger partial charge in [0.05, 0.1) is 12.3 Å². The first kappa shape index (κ1) is 21.1. The predicted octanol–water partition coefficient (Wildman–Crippen LogP) is 4.59. The Morgan fingerprint density at radius 1 is 1.07 bits per heavy atom. The minimum Gasteiger partial charge on any atom is -0.340 e. The van der Waals surface area contributed by atoms with Crippen molar-refractivity contribution in [1.82, 2.24) is 5.32 Å². The average molecular weight is 429 g/mol. The van der Waals surface area contributed by atoms with Gasteiger partial charge in [0, 0.05) is 16.1 Å². The summed E-state index contributed by atoms with van der Waals surface area (Å²) >= 11 is 1.58. The highest BCUT2D eigenvalue weighted by Crippen LogP contribution is 2.27. The lowest BCUT2D eigenvalue weighted by atomic mass is 10.0. The topological polar surface area (TPSA) is 75.3 Å². The van der Waals surface area contributed by atoms with E-state index in [2.05, 4.69) is 41.2 Å². The van der Waals surface area contributed by atoms with Crippen LogP contribution in [0.3, 0.4) is 0 Å². The Morgan fingerprint density at radius 3 is 2.45 bits per heavy atom. The molecule has 0 saturated carbocycles. The number of nitrogens with one attached hydrogen (secondary N) is 2. The summed E-state index contributed by atoms with van der Waals surface area (Å²) in [6, 6.07) is 18.5. The van der Waals surface area contributed by atoms with Crippen LogP contribution in [0.4, 0.5) is 5.69 Å². The van der Waals surface area contributed by atoms with Crippen molar-refractivity contribution in [2.45, 2.75) is 25.8 Å². The molecule has 29 heavy (non-hydrogen) atoms. The highest BCUT2D eigenvalue weighted by atomic mass is 32.2. The molecule has 1 amide bonds. The summed E-state index contributed by atoms with van der Waals surface area (Å²) in [6.45, 7) is 2.15. The number of rotatable bonds is 8. The second-order valence-corrected chi connectivity index (χ2v) is 9.60. The number of hydrogen-bond donors (Lipinski definition) is 2. The fraction of sp³-hybridized carbons (Fsp3) is 0.227. The van der Waals surface area contributed by atoms with Crippen molar-refractivity contribution in [2.24, 2.45) is 0 Å². The molecule has 1 atom stereocenters. The van der Waals surface area contributed by atoms with Crippen LogP contribution in [0.25, 0.3) is 0 Å². The SMILES string of the molecule is CCCc1ccc(C(NC(=O)c2cccc(NS(C)(=O)=O)c2)c2cccs2)cc1. The molecule has 2 aromatic carbocycles. The number of carbonyl (C=O) groups excluding carboxylic acids is 1. The fourth-order valence-electron chi connectivity index (χ4n) is 3.09.